The monoisotopic (exact) mass is 321 g/mol. The Morgan fingerprint density at radius 1 is 1.42 bits per heavy atom. The molecular formula is C17H15N5O2. The number of benzene rings is 1. The smallest absolute Gasteiger partial charge is 0.245 e. The number of aryl methyl sites for hydroxylation is 1. The maximum atomic E-state index is 13.1. The first-order chi connectivity index (χ1) is 11.6. The van der Waals surface area contributed by atoms with Crippen molar-refractivity contribution < 1.29 is 9.53 Å². The Morgan fingerprint density at radius 2 is 2.21 bits per heavy atom. The lowest BCUT2D eigenvalue weighted by molar-refractivity contribution is -0.118. The molecule has 24 heavy (non-hydrogen) atoms. The molecule has 2 aliphatic heterocycles. The summed E-state index contributed by atoms with van der Waals surface area (Å²) in [5, 5.41) is 19.7. The van der Waals surface area contributed by atoms with Gasteiger partial charge in [0.25, 0.3) is 0 Å². The Balaban J connectivity index is 2.12. The second-order valence-corrected chi connectivity index (χ2v) is 5.84. The number of carbonyl (C=O) groups is 1. The van der Waals surface area contributed by atoms with Crippen molar-refractivity contribution in [3.8, 4) is 11.9 Å². The average molecular weight is 321 g/mol. The lowest BCUT2D eigenvalue weighted by atomic mass is 9.69. The van der Waals surface area contributed by atoms with Gasteiger partial charge in [-0.25, -0.2) is 0 Å². The Bertz CT molecular complexity index is 937. The molecular weight excluding hydrogens is 306 g/mol. The first-order valence-corrected chi connectivity index (χ1v) is 7.71. The quantitative estimate of drug-likeness (QED) is 0.778. The van der Waals surface area contributed by atoms with E-state index in [1.54, 1.807) is 0 Å². The number of rotatable bonds is 2. The number of H-pyrrole nitrogens is 1. The van der Waals surface area contributed by atoms with E-state index < -0.39 is 5.41 Å². The van der Waals surface area contributed by atoms with E-state index in [0.29, 0.717) is 23.2 Å². The van der Waals surface area contributed by atoms with Crippen molar-refractivity contribution in [1.29, 1.82) is 5.26 Å². The summed E-state index contributed by atoms with van der Waals surface area (Å²) in [5.74, 6) is -0.153. The molecule has 1 aromatic carbocycles. The Labute approximate surface area is 138 Å². The summed E-state index contributed by atoms with van der Waals surface area (Å²) in [6.07, 6.45) is 1.54. The van der Waals surface area contributed by atoms with Gasteiger partial charge in [-0.3, -0.25) is 9.89 Å². The molecule has 3 heterocycles. The lowest BCUT2D eigenvalue weighted by Gasteiger charge is -2.31. The van der Waals surface area contributed by atoms with Crippen LogP contribution in [-0.2, 0) is 16.6 Å². The minimum Gasteiger partial charge on any atom is -0.420 e. The highest BCUT2D eigenvalue weighted by molar-refractivity contribution is 6.12. The molecule has 120 valence electrons. The van der Waals surface area contributed by atoms with Gasteiger partial charge in [0.05, 0.1) is 5.56 Å². The maximum Gasteiger partial charge on any atom is 0.245 e. The van der Waals surface area contributed by atoms with Crippen molar-refractivity contribution in [3.05, 3.63) is 52.5 Å². The highest BCUT2D eigenvalue weighted by Gasteiger charge is 2.58. The van der Waals surface area contributed by atoms with Crippen molar-refractivity contribution in [2.24, 2.45) is 5.73 Å². The predicted molar refractivity (Wildman–Crippen MR) is 85.9 cm³/mol. The molecule has 1 amide bonds. The second kappa shape index (κ2) is 4.86. The number of para-hydroxylation sites is 1. The highest BCUT2D eigenvalue weighted by atomic mass is 16.5. The molecule has 1 spiro atoms. The van der Waals surface area contributed by atoms with Gasteiger partial charge in [-0.15, -0.1) is 5.10 Å². The summed E-state index contributed by atoms with van der Waals surface area (Å²) >= 11 is 0. The minimum atomic E-state index is -1.32. The molecule has 0 radical (unpaired) electrons. The largest absolute Gasteiger partial charge is 0.420 e. The number of anilines is 1. The van der Waals surface area contributed by atoms with Crippen molar-refractivity contribution in [2.75, 3.05) is 5.32 Å². The first-order valence-electron chi connectivity index (χ1n) is 7.71. The minimum absolute atomic E-state index is 0.0913. The van der Waals surface area contributed by atoms with Crippen LogP contribution in [0.4, 0.5) is 5.69 Å². The third kappa shape index (κ3) is 1.55. The number of aromatic amines is 1. The van der Waals surface area contributed by atoms with Crippen LogP contribution in [0.2, 0.25) is 0 Å². The zero-order valence-corrected chi connectivity index (χ0v) is 13.0. The molecule has 2 aromatic rings. The summed E-state index contributed by atoms with van der Waals surface area (Å²) in [6.45, 7) is 2.03. The van der Waals surface area contributed by atoms with Crippen molar-refractivity contribution >= 4 is 11.6 Å². The number of carbonyl (C=O) groups excluding carboxylic acids is 1. The summed E-state index contributed by atoms with van der Waals surface area (Å²) < 4.78 is 5.52. The molecule has 4 N–H and O–H groups in total. The van der Waals surface area contributed by atoms with E-state index in [1.165, 1.54) is 0 Å². The molecule has 4 rings (SSSR count). The average Bonchev–Trinajstić information content (AvgIpc) is 3.09. The molecule has 7 heteroatoms. The molecule has 0 unspecified atom stereocenters. The van der Waals surface area contributed by atoms with E-state index in [9.17, 15) is 10.1 Å². The van der Waals surface area contributed by atoms with Crippen LogP contribution in [0.25, 0.3) is 0 Å². The fraction of sp³-hybridized carbons (Fsp3) is 0.235. The topological polar surface area (TPSA) is 117 Å². The normalized spacial score (nSPS) is 21.1. The van der Waals surface area contributed by atoms with Crippen LogP contribution in [0.1, 0.15) is 30.2 Å². The number of nitrogens with one attached hydrogen (secondary N) is 2. The van der Waals surface area contributed by atoms with Gasteiger partial charge in [0, 0.05) is 16.9 Å². The molecule has 0 aliphatic carbocycles. The van der Waals surface area contributed by atoms with Gasteiger partial charge < -0.3 is 15.8 Å². The summed E-state index contributed by atoms with van der Waals surface area (Å²) in [5.41, 5.74) is 7.45. The standard InChI is InChI=1S/C17H15N5O2/c1-2-5-12-13-15(22-21-12)24-14(19)10(8-18)17(13)9-6-3-4-7-11(9)20-16(17)23/h3-4,6-7H,2,5,19H2,1H3,(H,20,23)(H,21,22)/t17-/m0/s1. The first kappa shape index (κ1) is 14.3. The fourth-order valence-corrected chi connectivity index (χ4v) is 3.61. The van der Waals surface area contributed by atoms with E-state index in [1.807, 2.05) is 31.2 Å². The molecule has 2 aliphatic rings. The zero-order valence-electron chi connectivity index (χ0n) is 13.0. The van der Waals surface area contributed by atoms with E-state index in [0.717, 1.165) is 12.1 Å². The van der Waals surface area contributed by atoms with Crippen LogP contribution >= 0.6 is 0 Å². The number of nitriles is 1. The fourth-order valence-electron chi connectivity index (χ4n) is 3.61. The number of nitrogens with zero attached hydrogens (tertiary/aromatic N) is 2. The molecule has 0 saturated heterocycles. The molecule has 0 bridgehead atoms. The van der Waals surface area contributed by atoms with Gasteiger partial charge in [0.1, 0.15) is 17.1 Å². The predicted octanol–water partition coefficient (Wildman–Crippen LogP) is 1.69. The Hall–Kier alpha value is -3.27. The number of hydrogen-bond donors (Lipinski definition) is 3. The molecule has 0 fully saturated rings. The van der Waals surface area contributed by atoms with Gasteiger partial charge in [-0.05, 0) is 12.5 Å². The van der Waals surface area contributed by atoms with E-state index in [4.69, 9.17) is 10.5 Å². The van der Waals surface area contributed by atoms with Crippen LogP contribution in [0.15, 0.2) is 35.7 Å². The Morgan fingerprint density at radius 3 is 2.96 bits per heavy atom. The van der Waals surface area contributed by atoms with Gasteiger partial charge in [0.2, 0.25) is 17.7 Å². The van der Waals surface area contributed by atoms with Gasteiger partial charge in [-0.1, -0.05) is 31.5 Å². The number of nitrogens with two attached hydrogens (primary N) is 1. The summed E-state index contributed by atoms with van der Waals surface area (Å²) in [6, 6.07) is 9.39. The number of ether oxygens (including phenoxy) is 1. The molecule has 1 atom stereocenters. The van der Waals surface area contributed by atoms with Crippen LogP contribution < -0.4 is 15.8 Å². The summed E-state index contributed by atoms with van der Waals surface area (Å²) in [4.78, 5) is 13.1. The van der Waals surface area contributed by atoms with Gasteiger partial charge >= 0.3 is 0 Å². The number of fused-ring (bicyclic) bond motifs is 4. The van der Waals surface area contributed by atoms with Crippen molar-refractivity contribution in [2.45, 2.75) is 25.2 Å². The maximum absolute atomic E-state index is 13.1. The SMILES string of the molecule is CCCc1[nH]nc2c1[C@@]1(C(=O)Nc3ccccc31)C(C#N)=C(N)O2. The molecule has 7 nitrogen and oxygen atoms in total. The molecule has 1 aromatic heterocycles. The van der Waals surface area contributed by atoms with Crippen molar-refractivity contribution in [3.63, 3.8) is 0 Å². The van der Waals surface area contributed by atoms with E-state index in [2.05, 4.69) is 21.6 Å². The van der Waals surface area contributed by atoms with Crippen LogP contribution in [0.5, 0.6) is 5.88 Å². The van der Waals surface area contributed by atoms with Crippen LogP contribution in [0.3, 0.4) is 0 Å². The number of hydrogen-bond acceptors (Lipinski definition) is 5. The lowest BCUT2D eigenvalue weighted by Crippen LogP contribution is -2.42. The molecule has 0 saturated carbocycles. The Kier molecular flexibility index (Phi) is 2.90. The van der Waals surface area contributed by atoms with E-state index >= 15 is 0 Å². The second-order valence-electron chi connectivity index (χ2n) is 5.84. The van der Waals surface area contributed by atoms with Crippen LogP contribution in [0, 0.1) is 11.3 Å². The summed E-state index contributed by atoms with van der Waals surface area (Å²) in [7, 11) is 0. The third-order valence-electron chi connectivity index (χ3n) is 4.54. The number of amides is 1. The van der Waals surface area contributed by atoms with Crippen molar-refractivity contribution in [1.82, 2.24) is 10.2 Å². The van der Waals surface area contributed by atoms with Gasteiger partial charge in [0.15, 0.2) is 0 Å². The number of aromatic nitrogens is 2. The van der Waals surface area contributed by atoms with E-state index in [-0.39, 0.29) is 23.2 Å². The highest BCUT2D eigenvalue weighted by Crippen LogP contribution is 2.53. The third-order valence-corrected chi connectivity index (χ3v) is 4.54. The van der Waals surface area contributed by atoms with Gasteiger partial charge in [-0.2, -0.15) is 5.26 Å². The van der Waals surface area contributed by atoms with Crippen LogP contribution in [-0.4, -0.2) is 16.1 Å². The zero-order chi connectivity index (χ0) is 16.9.